The van der Waals surface area contributed by atoms with Crippen molar-refractivity contribution in [3.8, 4) is 39.9 Å². The van der Waals surface area contributed by atoms with E-state index in [9.17, 15) is 4.79 Å². The number of amides is 1. The van der Waals surface area contributed by atoms with Gasteiger partial charge in [-0.2, -0.15) is 9.10 Å². The molecule has 4 aromatic carbocycles. The largest absolute Gasteiger partial charge is 0.497 e. The van der Waals surface area contributed by atoms with Gasteiger partial charge in [0.1, 0.15) is 38.8 Å². The predicted molar refractivity (Wildman–Crippen MR) is 234 cm³/mol. The number of nitrogen functional groups attached to an aromatic ring is 1. The Morgan fingerprint density at radius 3 is 1.81 bits per heavy atom. The first-order valence-electron chi connectivity index (χ1n) is 19.8. The van der Waals surface area contributed by atoms with Crippen LogP contribution in [0.15, 0.2) is 113 Å². The van der Waals surface area contributed by atoms with E-state index in [-0.39, 0.29) is 61.2 Å². The van der Waals surface area contributed by atoms with Crippen LogP contribution in [-0.2, 0) is 44.2 Å². The predicted octanol–water partition coefficient (Wildman–Crippen LogP) is 5.84. The Hall–Kier alpha value is -6.57. The van der Waals surface area contributed by atoms with Crippen molar-refractivity contribution >= 4 is 31.8 Å². The molecule has 330 valence electrons. The molecule has 0 spiro atoms. The van der Waals surface area contributed by atoms with Crippen molar-refractivity contribution in [2.24, 2.45) is 0 Å². The number of hydrogen-bond donors (Lipinski definition) is 1. The molecule has 0 unspecified atom stereocenters. The highest BCUT2D eigenvalue weighted by Gasteiger charge is 2.46. The summed E-state index contributed by atoms with van der Waals surface area (Å²) in [4.78, 5) is 18.9. The Morgan fingerprint density at radius 2 is 1.30 bits per heavy atom. The third-order valence-electron chi connectivity index (χ3n) is 10.2. The molecule has 1 aliphatic rings. The molecule has 63 heavy (non-hydrogen) atoms. The van der Waals surface area contributed by atoms with Gasteiger partial charge in [-0.25, -0.2) is 26.6 Å². The summed E-state index contributed by atoms with van der Waals surface area (Å²) in [5.41, 5.74) is 7.56. The number of aromatic nitrogens is 5. The summed E-state index contributed by atoms with van der Waals surface area (Å²) >= 11 is 0. The van der Waals surface area contributed by atoms with Gasteiger partial charge >= 0.3 is 6.09 Å². The first-order chi connectivity index (χ1) is 30.0. The second kappa shape index (κ2) is 18.0. The SMILES string of the molecule is COc1ccc(CN(Cc2ccc(OC)cc2)S(=O)(=O)c2c(S(=O)(=O)C3CN(C(=O)OC(C)(C)C)C3)ccc(-c3cccc(N)n3)c2-c2nnn(Cc3ccc(OC)cc3)n2)cc1. The zero-order valence-electron chi connectivity index (χ0n) is 35.6. The summed E-state index contributed by atoms with van der Waals surface area (Å²) in [5, 5.41) is 12.1. The third kappa shape index (κ3) is 9.90. The van der Waals surface area contributed by atoms with Crippen molar-refractivity contribution < 1.29 is 40.6 Å². The van der Waals surface area contributed by atoms with Crippen molar-refractivity contribution in [1.29, 1.82) is 0 Å². The third-order valence-corrected chi connectivity index (χ3v) is 14.3. The quantitative estimate of drug-likeness (QED) is 0.128. The van der Waals surface area contributed by atoms with Gasteiger partial charge in [0.2, 0.25) is 15.8 Å². The smallest absolute Gasteiger partial charge is 0.410 e. The highest BCUT2D eigenvalue weighted by atomic mass is 32.2. The number of carbonyl (C=O) groups excluding carboxylic acids is 1. The number of hydrogen-bond acceptors (Lipinski definition) is 14. The minimum absolute atomic E-state index is 0.132. The molecule has 6 aromatic rings. The summed E-state index contributed by atoms with van der Waals surface area (Å²) in [6.07, 6.45) is -0.687. The van der Waals surface area contributed by atoms with Gasteiger partial charge in [0.15, 0.2) is 9.84 Å². The molecular weight excluding hydrogens is 849 g/mol. The topological polar surface area (TPSA) is 211 Å². The first-order valence-corrected chi connectivity index (χ1v) is 22.8. The van der Waals surface area contributed by atoms with E-state index in [0.717, 1.165) is 5.56 Å². The van der Waals surface area contributed by atoms with Crippen LogP contribution in [0.1, 0.15) is 37.5 Å². The summed E-state index contributed by atoms with van der Waals surface area (Å²) in [7, 11) is -4.82. The summed E-state index contributed by atoms with van der Waals surface area (Å²) in [6.45, 7) is 4.41. The van der Waals surface area contributed by atoms with E-state index in [0.29, 0.717) is 28.4 Å². The Kier molecular flexibility index (Phi) is 12.7. The van der Waals surface area contributed by atoms with Crippen LogP contribution in [0.4, 0.5) is 10.6 Å². The standard InChI is InChI=1S/C44H48N8O9S2/c1-44(2,3)61-43(53)50-27-35(28-50)62(54,55)38-23-22-36(37-8-7-9-39(45)46-37)40(42-47-49-52(48-42)26-31-14-20-34(60-6)21-15-31)41(38)63(56,57)51(24-29-10-16-32(58-4)17-11-29)25-30-12-18-33(59-5)19-13-30/h7-23,35H,24-28H2,1-6H3,(H2,45,46). The van der Waals surface area contributed by atoms with Crippen LogP contribution in [0.3, 0.4) is 0 Å². The van der Waals surface area contributed by atoms with Crippen LogP contribution in [0.5, 0.6) is 17.2 Å². The Bertz CT molecular complexity index is 2760. The molecule has 1 saturated heterocycles. The van der Waals surface area contributed by atoms with Gasteiger partial charge in [-0.15, -0.1) is 10.2 Å². The van der Waals surface area contributed by atoms with Crippen LogP contribution in [0.2, 0.25) is 0 Å². The molecule has 17 nitrogen and oxygen atoms in total. The van der Waals surface area contributed by atoms with Crippen LogP contribution in [0.25, 0.3) is 22.6 Å². The maximum atomic E-state index is 15.9. The number of tetrazole rings is 1. The van der Waals surface area contributed by atoms with E-state index in [1.807, 2.05) is 12.1 Å². The molecule has 1 fully saturated rings. The van der Waals surface area contributed by atoms with Crippen molar-refractivity contribution in [3.05, 3.63) is 120 Å². The number of ether oxygens (including phenoxy) is 4. The molecule has 0 atom stereocenters. The van der Waals surface area contributed by atoms with Gasteiger partial charge < -0.3 is 29.6 Å². The first kappa shape index (κ1) is 44.5. The van der Waals surface area contributed by atoms with Crippen LogP contribution in [-0.4, -0.2) is 103 Å². The van der Waals surface area contributed by atoms with Crippen molar-refractivity contribution in [2.75, 3.05) is 40.2 Å². The molecule has 1 aliphatic heterocycles. The minimum Gasteiger partial charge on any atom is -0.497 e. The van der Waals surface area contributed by atoms with Gasteiger partial charge in [-0.1, -0.05) is 48.5 Å². The van der Waals surface area contributed by atoms with Crippen LogP contribution >= 0.6 is 0 Å². The average Bonchev–Trinajstić information content (AvgIpc) is 3.70. The van der Waals surface area contributed by atoms with E-state index < -0.39 is 46.6 Å². The highest BCUT2D eigenvalue weighted by Crippen LogP contribution is 2.43. The number of pyridine rings is 1. The van der Waals surface area contributed by atoms with Gasteiger partial charge in [0, 0.05) is 31.7 Å². The molecule has 0 bridgehead atoms. The van der Waals surface area contributed by atoms with Crippen molar-refractivity contribution in [2.45, 2.75) is 61.0 Å². The number of sulfonamides is 1. The number of nitrogens with zero attached hydrogens (tertiary/aromatic N) is 7. The average molecular weight is 897 g/mol. The monoisotopic (exact) mass is 896 g/mol. The lowest BCUT2D eigenvalue weighted by molar-refractivity contribution is 0.0139. The summed E-state index contributed by atoms with van der Waals surface area (Å²) in [6, 6.07) is 28.5. The van der Waals surface area contributed by atoms with Crippen molar-refractivity contribution in [1.82, 2.24) is 34.4 Å². The lowest BCUT2D eigenvalue weighted by atomic mass is 10.0. The number of sulfone groups is 1. The molecule has 1 amide bonds. The normalized spacial score (nSPS) is 13.4. The molecule has 2 N–H and O–H groups in total. The number of nitrogens with two attached hydrogens (primary N) is 1. The van der Waals surface area contributed by atoms with Crippen molar-refractivity contribution in [3.63, 3.8) is 0 Å². The lowest BCUT2D eigenvalue weighted by Crippen LogP contribution is -2.57. The molecular formula is C44H48N8O9S2. The van der Waals surface area contributed by atoms with Gasteiger partial charge in [0.25, 0.3) is 0 Å². The van der Waals surface area contributed by atoms with Gasteiger partial charge in [-0.05, 0) is 97.3 Å². The fourth-order valence-electron chi connectivity index (χ4n) is 6.90. The van der Waals surface area contributed by atoms with E-state index in [2.05, 4.69) is 20.4 Å². The second-order valence-corrected chi connectivity index (χ2v) is 19.8. The Balaban J connectivity index is 1.44. The maximum Gasteiger partial charge on any atom is 0.410 e. The van der Waals surface area contributed by atoms with Gasteiger partial charge in [0.05, 0.1) is 44.0 Å². The molecule has 0 radical (unpaired) electrons. The number of anilines is 1. The second-order valence-electron chi connectivity index (χ2n) is 15.8. The number of likely N-dealkylation sites (tertiary alicyclic amines) is 1. The molecule has 7 rings (SSSR count). The van der Waals surface area contributed by atoms with E-state index in [1.54, 1.807) is 107 Å². The maximum absolute atomic E-state index is 15.9. The number of carbonyl (C=O) groups is 1. The lowest BCUT2D eigenvalue weighted by Gasteiger charge is -2.39. The zero-order chi connectivity index (χ0) is 45.1. The molecule has 0 aliphatic carbocycles. The zero-order valence-corrected chi connectivity index (χ0v) is 37.3. The van der Waals surface area contributed by atoms with Crippen LogP contribution < -0.4 is 19.9 Å². The fourth-order valence-corrected chi connectivity index (χ4v) is 11.0. The van der Waals surface area contributed by atoms with Gasteiger partial charge in [-0.3, -0.25) is 0 Å². The fraction of sp³-hybridized carbons (Fsp3) is 0.295. The Morgan fingerprint density at radius 1 is 0.762 bits per heavy atom. The van der Waals surface area contributed by atoms with E-state index in [1.165, 1.54) is 40.4 Å². The number of rotatable bonds is 15. The molecule has 3 heterocycles. The highest BCUT2D eigenvalue weighted by molar-refractivity contribution is 7.94. The summed E-state index contributed by atoms with van der Waals surface area (Å²) < 4.78 is 84.5. The number of methoxy groups -OCH3 is 3. The molecule has 2 aromatic heterocycles. The Labute approximate surface area is 366 Å². The molecule has 0 saturated carbocycles. The summed E-state index contributed by atoms with van der Waals surface area (Å²) in [5.74, 6) is 1.72. The minimum atomic E-state index is -4.89. The number of benzene rings is 4. The van der Waals surface area contributed by atoms with E-state index in [4.69, 9.17) is 24.7 Å². The van der Waals surface area contributed by atoms with Crippen LogP contribution in [0, 0.1) is 0 Å². The van der Waals surface area contributed by atoms with E-state index >= 15 is 16.8 Å². The molecule has 19 heteroatoms.